The molecule has 0 aromatic heterocycles. The van der Waals surface area contributed by atoms with Gasteiger partial charge in [0.2, 0.25) is 12.0 Å². The van der Waals surface area contributed by atoms with Gasteiger partial charge in [0.05, 0.1) is 6.61 Å². The molecule has 164 valence electrons. The summed E-state index contributed by atoms with van der Waals surface area (Å²) in [6, 6.07) is 1.39. The molecule has 0 spiro atoms. The van der Waals surface area contributed by atoms with Gasteiger partial charge in [-0.2, -0.15) is 0 Å². The first-order chi connectivity index (χ1) is 14.4. The molecule has 2 aliphatic rings. The molecule has 0 bridgehead atoms. The number of ether oxygens (including phenoxy) is 4. The number of allylic oxidation sites excluding steroid dienone is 4. The van der Waals surface area contributed by atoms with Crippen molar-refractivity contribution < 1.29 is 44.5 Å². The van der Waals surface area contributed by atoms with E-state index in [0.29, 0.717) is 16.9 Å². The summed E-state index contributed by atoms with van der Waals surface area (Å²) in [5.74, 6) is -0.542. The van der Waals surface area contributed by atoms with Crippen molar-refractivity contribution in [1.82, 2.24) is 0 Å². The fourth-order valence-corrected chi connectivity index (χ4v) is 3.36. The Kier molecular flexibility index (Phi) is 7.01. The fraction of sp³-hybridized carbons (Fsp3) is 0.429. The third-order valence-electron chi connectivity index (χ3n) is 4.95. The summed E-state index contributed by atoms with van der Waals surface area (Å²) in [6.07, 6.45) is 2.54. The van der Waals surface area contributed by atoms with E-state index in [9.17, 15) is 25.5 Å². The maximum atomic E-state index is 10.6. The van der Waals surface area contributed by atoms with Crippen LogP contribution in [0.1, 0.15) is 18.1 Å². The standard InChI is InChI=1S/C21H26O9/c1-3-4-5-6-12-7-11-8-14(23)19(16(24)13(11)10-28-12)30-21-18(26)17(25)20(27-2)15(9-22)29-21/h3-8,15,17-18,20-26H,9-10H2,1-2H3/t15-,17-,18-,20-,21+/m1/s1. The lowest BCUT2D eigenvalue weighted by Crippen LogP contribution is -2.60. The fourth-order valence-electron chi connectivity index (χ4n) is 3.36. The smallest absolute Gasteiger partial charge is 0.229 e. The molecule has 3 rings (SSSR count). The van der Waals surface area contributed by atoms with Gasteiger partial charge in [0.15, 0.2) is 11.5 Å². The number of phenolic OH excluding ortho intramolecular Hbond substituents is 2. The minimum absolute atomic E-state index is 0.0333. The number of methoxy groups -OCH3 is 1. The number of fused-ring (bicyclic) bond motifs is 1. The zero-order valence-corrected chi connectivity index (χ0v) is 16.6. The van der Waals surface area contributed by atoms with Crippen LogP contribution in [0.5, 0.6) is 17.2 Å². The van der Waals surface area contributed by atoms with Crippen LogP contribution in [0.4, 0.5) is 0 Å². The van der Waals surface area contributed by atoms with E-state index in [2.05, 4.69) is 0 Å². The Morgan fingerprint density at radius 3 is 2.63 bits per heavy atom. The van der Waals surface area contributed by atoms with Crippen LogP contribution in [-0.4, -0.2) is 70.0 Å². The van der Waals surface area contributed by atoms with Crippen LogP contribution in [0, 0.1) is 0 Å². The Balaban J connectivity index is 1.86. The van der Waals surface area contributed by atoms with Crippen molar-refractivity contribution in [2.75, 3.05) is 13.7 Å². The lowest BCUT2D eigenvalue weighted by atomic mass is 9.99. The van der Waals surface area contributed by atoms with E-state index in [1.807, 2.05) is 19.1 Å². The summed E-state index contributed by atoms with van der Waals surface area (Å²) < 4.78 is 21.6. The molecule has 9 heteroatoms. The topological polar surface area (TPSA) is 138 Å². The van der Waals surface area contributed by atoms with Crippen LogP contribution in [0.25, 0.3) is 6.08 Å². The monoisotopic (exact) mass is 422 g/mol. The first kappa shape index (κ1) is 22.1. The normalized spacial score (nSPS) is 29.0. The van der Waals surface area contributed by atoms with Crippen molar-refractivity contribution in [2.45, 2.75) is 44.2 Å². The molecule has 0 unspecified atom stereocenters. The molecule has 2 heterocycles. The first-order valence-electron chi connectivity index (χ1n) is 9.44. The van der Waals surface area contributed by atoms with Crippen molar-refractivity contribution in [3.63, 3.8) is 0 Å². The maximum absolute atomic E-state index is 10.6. The summed E-state index contributed by atoms with van der Waals surface area (Å²) in [7, 11) is 1.31. The summed E-state index contributed by atoms with van der Waals surface area (Å²) in [5, 5.41) is 51.0. The molecule has 1 saturated heterocycles. The van der Waals surface area contributed by atoms with Gasteiger partial charge < -0.3 is 44.5 Å². The number of aliphatic hydroxyl groups is 3. The third kappa shape index (κ3) is 4.30. The van der Waals surface area contributed by atoms with Crippen molar-refractivity contribution >= 4 is 6.08 Å². The quantitative estimate of drug-likeness (QED) is 0.424. The zero-order valence-electron chi connectivity index (χ0n) is 16.6. The maximum Gasteiger partial charge on any atom is 0.229 e. The highest BCUT2D eigenvalue weighted by Crippen LogP contribution is 2.44. The van der Waals surface area contributed by atoms with Gasteiger partial charge in [-0.3, -0.25) is 0 Å². The van der Waals surface area contributed by atoms with Gasteiger partial charge in [0.1, 0.15) is 36.8 Å². The molecule has 0 saturated carbocycles. The molecular weight excluding hydrogens is 396 g/mol. The summed E-state index contributed by atoms with van der Waals surface area (Å²) >= 11 is 0. The van der Waals surface area contributed by atoms with Gasteiger partial charge in [-0.15, -0.1) is 0 Å². The van der Waals surface area contributed by atoms with Crippen LogP contribution in [0.2, 0.25) is 0 Å². The number of benzene rings is 1. The minimum atomic E-state index is -1.55. The van der Waals surface area contributed by atoms with Crippen molar-refractivity contribution in [3.8, 4) is 17.2 Å². The van der Waals surface area contributed by atoms with E-state index >= 15 is 0 Å². The predicted molar refractivity (Wildman–Crippen MR) is 106 cm³/mol. The molecule has 5 N–H and O–H groups in total. The molecule has 1 aromatic carbocycles. The molecule has 9 nitrogen and oxygen atoms in total. The number of aliphatic hydroxyl groups excluding tert-OH is 3. The minimum Gasteiger partial charge on any atom is -0.504 e. The van der Waals surface area contributed by atoms with E-state index in [-0.39, 0.29) is 23.9 Å². The highest BCUT2D eigenvalue weighted by molar-refractivity contribution is 5.69. The second-order valence-electron chi connectivity index (χ2n) is 6.89. The van der Waals surface area contributed by atoms with E-state index in [1.165, 1.54) is 13.2 Å². The van der Waals surface area contributed by atoms with Crippen molar-refractivity contribution in [3.05, 3.63) is 47.3 Å². The lowest BCUT2D eigenvalue weighted by molar-refractivity contribution is -0.282. The van der Waals surface area contributed by atoms with Gasteiger partial charge >= 0.3 is 0 Å². The highest BCUT2D eigenvalue weighted by Gasteiger charge is 2.46. The molecule has 0 radical (unpaired) electrons. The van der Waals surface area contributed by atoms with Gasteiger partial charge in [-0.1, -0.05) is 18.2 Å². The zero-order chi connectivity index (χ0) is 21.8. The Hall–Kier alpha value is -2.56. The number of phenols is 2. The van der Waals surface area contributed by atoms with Crippen LogP contribution in [0.3, 0.4) is 0 Å². The van der Waals surface area contributed by atoms with E-state index < -0.39 is 37.3 Å². The van der Waals surface area contributed by atoms with Gasteiger partial charge in [0, 0.05) is 12.7 Å². The number of rotatable bonds is 6. The molecule has 5 atom stereocenters. The van der Waals surface area contributed by atoms with Crippen LogP contribution < -0.4 is 4.74 Å². The molecular formula is C21H26O9. The van der Waals surface area contributed by atoms with Crippen molar-refractivity contribution in [1.29, 1.82) is 0 Å². The predicted octanol–water partition coefficient (Wildman–Crippen LogP) is 0.934. The van der Waals surface area contributed by atoms with Gasteiger partial charge in [0.25, 0.3) is 0 Å². The number of hydrogen-bond donors (Lipinski definition) is 5. The Labute approximate surface area is 173 Å². The SMILES string of the molecule is CC=CC=CC1=Cc2cc(O)c(O[C@@H]3O[C@H](CO)[C@@H](OC)[C@H](O)[C@H]3O)c(O)c2CO1. The van der Waals surface area contributed by atoms with Gasteiger partial charge in [-0.05, 0) is 30.7 Å². The summed E-state index contributed by atoms with van der Waals surface area (Å²) in [5.41, 5.74) is 0.923. The molecule has 2 aliphatic heterocycles. The molecule has 0 amide bonds. The average molecular weight is 422 g/mol. The first-order valence-corrected chi connectivity index (χ1v) is 9.44. The van der Waals surface area contributed by atoms with Crippen LogP contribution in [-0.2, 0) is 20.8 Å². The summed E-state index contributed by atoms with van der Waals surface area (Å²) in [6.45, 7) is 1.43. The van der Waals surface area contributed by atoms with Crippen LogP contribution >= 0.6 is 0 Å². The Morgan fingerprint density at radius 1 is 1.20 bits per heavy atom. The van der Waals surface area contributed by atoms with Crippen LogP contribution in [0.15, 0.2) is 36.1 Å². The average Bonchev–Trinajstić information content (AvgIpc) is 2.73. The second kappa shape index (κ2) is 9.50. The molecule has 30 heavy (non-hydrogen) atoms. The second-order valence-corrected chi connectivity index (χ2v) is 6.89. The van der Waals surface area contributed by atoms with Crippen molar-refractivity contribution in [2.24, 2.45) is 0 Å². The summed E-state index contributed by atoms with van der Waals surface area (Å²) in [4.78, 5) is 0. The Bertz CT molecular complexity index is 843. The lowest BCUT2D eigenvalue weighted by Gasteiger charge is -2.41. The third-order valence-corrected chi connectivity index (χ3v) is 4.95. The largest absolute Gasteiger partial charge is 0.504 e. The molecule has 1 aromatic rings. The number of aromatic hydroxyl groups is 2. The van der Waals surface area contributed by atoms with E-state index in [0.717, 1.165) is 0 Å². The van der Waals surface area contributed by atoms with E-state index in [4.69, 9.17) is 18.9 Å². The molecule has 1 fully saturated rings. The number of hydrogen-bond acceptors (Lipinski definition) is 9. The molecule has 0 aliphatic carbocycles. The van der Waals surface area contributed by atoms with E-state index in [1.54, 1.807) is 18.2 Å². The Morgan fingerprint density at radius 2 is 1.97 bits per heavy atom. The highest BCUT2D eigenvalue weighted by atomic mass is 16.7. The van der Waals surface area contributed by atoms with Gasteiger partial charge in [-0.25, -0.2) is 0 Å².